The number of hydrogen-bond donors (Lipinski definition) is 3. The van der Waals surface area contributed by atoms with Gasteiger partial charge in [0.1, 0.15) is 12.2 Å². The average molecular weight is 281 g/mol. The molecular formula is C14H23N3O3. The van der Waals surface area contributed by atoms with E-state index in [1.807, 2.05) is 0 Å². The number of rotatable bonds is 7. The molecule has 5 N–H and O–H groups in total. The predicted octanol–water partition coefficient (Wildman–Crippen LogP) is -0.342. The highest BCUT2D eigenvalue weighted by Crippen LogP contribution is 2.13. The summed E-state index contributed by atoms with van der Waals surface area (Å²) >= 11 is 0. The summed E-state index contributed by atoms with van der Waals surface area (Å²) in [5, 5.41) is 2.59. The third-order valence-corrected chi connectivity index (χ3v) is 3.01. The van der Waals surface area contributed by atoms with Gasteiger partial charge < -0.3 is 21.5 Å². The zero-order valence-electron chi connectivity index (χ0n) is 11.7. The first kappa shape index (κ1) is 16.5. The Kier molecular flexibility index (Phi) is 7.70. The van der Waals surface area contributed by atoms with Gasteiger partial charge in [0.05, 0.1) is 6.42 Å². The standard InChI is InChI=1S/C14H23N3O3/c15-8-9-17-13(18)10-12(14(16)19)20-11-6-4-2-1-3-5-7-11/h11-12H,1-4,6,8-10,15H2,(H2,16,19)(H,17,18). The van der Waals surface area contributed by atoms with Crippen LogP contribution in [0.5, 0.6) is 0 Å². The fraction of sp³-hybridized carbons (Fsp3) is 0.714. The van der Waals surface area contributed by atoms with Crippen LogP contribution in [0, 0.1) is 11.8 Å². The second-order valence-electron chi connectivity index (χ2n) is 4.78. The van der Waals surface area contributed by atoms with Crippen molar-refractivity contribution in [3.05, 3.63) is 0 Å². The van der Waals surface area contributed by atoms with Crippen molar-refractivity contribution >= 4 is 11.8 Å². The molecule has 1 aliphatic carbocycles. The van der Waals surface area contributed by atoms with E-state index < -0.39 is 12.0 Å². The van der Waals surface area contributed by atoms with Crippen LogP contribution in [0.4, 0.5) is 0 Å². The monoisotopic (exact) mass is 281 g/mol. The van der Waals surface area contributed by atoms with Crippen LogP contribution in [0.25, 0.3) is 0 Å². The summed E-state index contributed by atoms with van der Waals surface area (Å²) in [6.07, 6.45) is 3.46. The Hall–Kier alpha value is -1.58. The van der Waals surface area contributed by atoms with Gasteiger partial charge in [-0.15, -0.1) is 5.92 Å². The summed E-state index contributed by atoms with van der Waals surface area (Å²) in [6, 6.07) is 0. The number of nitrogens with two attached hydrogens (primary N) is 2. The molecule has 2 amide bonds. The zero-order chi connectivity index (χ0) is 14.8. The Morgan fingerprint density at radius 1 is 1.35 bits per heavy atom. The molecule has 0 heterocycles. The van der Waals surface area contributed by atoms with Gasteiger partial charge in [0.25, 0.3) is 0 Å². The Morgan fingerprint density at radius 3 is 2.85 bits per heavy atom. The summed E-state index contributed by atoms with van der Waals surface area (Å²) in [5.41, 5.74) is 10.6. The molecule has 0 aromatic rings. The molecule has 2 unspecified atom stereocenters. The number of amides is 2. The van der Waals surface area contributed by atoms with Gasteiger partial charge in [0.2, 0.25) is 11.8 Å². The molecule has 0 bridgehead atoms. The number of primary amides is 1. The Labute approximate surface area is 119 Å². The quantitative estimate of drug-likeness (QED) is 0.555. The first-order valence-corrected chi connectivity index (χ1v) is 7.03. The van der Waals surface area contributed by atoms with E-state index >= 15 is 0 Å². The van der Waals surface area contributed by atoms with Crippen LogP contribution in [0.15, 0.2) is 0 Å². The van der Waals surface area contributed by atoms with E-state index in [1.165, 1.54) is 0 Å². The van der Waals surface area contributed by atoms with E-state index in [2.05, 4.69) is 17.2 Å². The van der Waals surface area contributed by atoms with Gasteiger partial charge in [-0.1, -0.05) is 12.3 Å². The van der Waals surface area contributed by atoms with Gasteiger partial charge in [0.15, 0.2) is 0 Å². The molecule has 0 saturated carbocycles. The van der Waals surface area contributed by atoms with Crippen LogP contribution in [0.2, 0.25) is 0 Å². The topological polar surface area (TPSA) is 107 Å². The lowest BCUT2D eigenvalue weighted by atomic mass is 10.1. The molecule has 0 aromatic carbocycles. The van der Waals surface area contributed by atoms with Crippen molar-refractivity contribution in [2.75, 3.05) is 13.1 Å². The molecule has 0 radical (unpaired) electrons. The van der Waals surface area contributed by atoms with E-state index in [0.29, 0.717) is 13.1 Å². The van der Waals surface area contributed by atoms with E-state index in [9.17, 15) is 9.59 Å². The van der Waals surface area contributed by atoms with Crippen LogP contribution in [0.3, 0.4) is 0 Å². The SMILES string of the molecule is NCCNC(=O)CC(OC1C#CCCCCC1)C(N)=O. The number of ether oxygens (including phenoxy) is 1. The molecule has 0 aliphatic heterocycles. The maximum absolute atomic E-state index is 11.6. The maximum Gasteiger partial charge on any atom is 0.247 e. The van der Waals surface area contributed by atoms with Gasteiger partial charge in [0, 0.05) is 19.5 Å². The van der Waals surface area contributed by atoms with Crippen molar-refractivity contribution in [3.8, 4) is 11.8 Å². The van der Waals surface area contributed by atoms with Crippen molar-refractivity contribution in [2.24, 2.45) is 11.5 Å². The highest BCUT2D eigenvalue weighted by atomic mass is 16.5. The highest BCUT2D eigenvalue weighted by Gasteiger charge is 2.23. The van der Waals surface area contributed by atoms with Crippen LogP contribution < -0.4 is 16.8 Å². The lowest BCUT2D eigenvalue weighted by Gasteiger charge is -2.20. The lowest BCUT2D eigenvalue weighted by molar-refractivity contribution is -0.137. The fourth-order valence-electron chi connectivity index (χ4n) is 1.95. The zero-order valence-corrected chi connectivity index (χ0v) is 11.7. The van der Waals surface area contributed by atoms with Gasteiger partial charge >= 0.3 is 0 Å². The van der Waals surface area contributed by atoms with Gasteiger partial charge in [-0.3, -0.25) is 9.59 Å². The van der Waals surface area contributed by atoms with E-state index in [1.54, 1.807) is 0 Å². The Morgan fingerprint density at radius 2 is 2.15 bits per heavy atom. The molecule has 6 nitrogen and oxygen atoms in total. The number of nitrogens with one attached hydrogen (secondary N) is 1. The minimum absolute atomic E-state index is 0.0898. The van der Waals surface area contributed by atoms with Crippen LogP contribution in [-0.4, -0.2) is 37.1 Å². The molecule has 1 aliphatic rings. The summed E-state index contributed by atoms with van der Waals surface area (Å²) in [7, 11) is 0. The molecule has 20 heavy (non-hydrogen) atoms. The maximum atomic E-state index is 11.6. The van der Waals surface area contributed by atoms with Crippen molar-refractivity contribution in [2.45, 2.75) is 50.7 Å². The van der Waals surface area contributed by atoms with Crippen molar-refractivity contribution in [1.29, 1.82) is 0 Å². The highest BCUT2D eigenvalue weighted by molar-refractivity contribution is 5.86. The first-order chi connectivity index (χ1) is 9.63. The largest absolute Gasteiger partial charge is 0.367 e. The molecule has 1 rings (SSSR count). The molecule has 112 valence electrons. The Bertz CT molecular complexity index is 387. The smallest absolute Gasteiger partial charge is 0.247 e. The minimum atomic E-state index is -0.938. The molecule has 0 saturated heterocycles. The molecule has 0 fully saturated rings. The second-order valence-corrected chi connectivity index (χ2v) is 4.78. The van der Waals surface area contributed by atoms with Crippen LogP contribution in [-0.2, 0) is 14.3 Å². The minimum Gasteiger partial charge on any atom is -0.367 e. The lowest BCUT2D eigenvalue weighted by Crippen LogP contribution is -2.40. The van der Waals surface area contributed by atoms with Crippen LogP contribution >= 0.6 is 0 Å². The van der Waals surface area contributed by atoms with E-state index in [4.69, 9.17) is 16.2 Å². The summed E-state index contributed by atoms with van der Waals surface area (Å²) in [4.78, 5) is 23.0. The summed E-state index contributed by atoms with van der Waals surface area (Å²) in [6.45, 7) is 0.718. The predicted molar refractivity (Wildman–Crippen MR) is 75.4 cm³/mol. The van der Waals surface area contributed by atoms with Crippen LogP contribution in [0.1, 0.15) is 38.5 Å². The van der Waals surface area contributed by atoms with Gasteiger partial charge in [-0.05, 0) is 19.3 Å². The molecular weight excluding hydrogens is 258 g/mol. The Balaban J connectivity index is 2.52. The van der Waals surface area contributed by atoms with Gasteiger partial charge in [-0.2, -0.15) is 0 Å². The summed E-state index contributed by atoms with van der Waals surface area (Å²) in [5.74, 6) is 5.08. The fourth-order valence-corrected chi connectivity index (χ4v) is 1.95. The average Bonchev–Trinajstić information content (AvgIpc) is 2.38. The summed E-state index contributed by atoms with van der Waals surface area (Å²) < 4.78 is 5.60. The van der Waals surface area contributed by atoms with E-state index in [0.717, 1.165) is 32.1 Å². The number of carbonyl (C=O) groups excluding carboxylic acids is 2. The molecule has 0 aromatic heterocycles. The van der Waals surface area contributed by atoms with Crippen molar-refractivity contribution in [1.82, 2.24) is 5.32 Å². The van der Waals surface area contributed by atoms with Crippen molar-refractivity contribution < 1.29 is 14.3 Å². The third kappa shape index (κ3) is 6.55. The molecule has 2 atom stereocenters. The first-order valence-electron chi connectivity index (χ1n) is 7.03. The third-order valence-electron chi connectivity index (χ3n) is 3.01. The molecule has 6 heteroatoms. The number of carbonyl (C=O) groups is 2. The van der Waals surface area contributed by atoms with Gasteiger partial charge in [-0.25, -0.2) is 0 Å². The normalized spacial score (nSPS) is 19.9. The second kappa shape index (κ2) is 9.34. The number of hydrogen-bond acceptors (Lipinski definition) is 4. The molecule has 0 spiro atoms. The van der Waals surface area contributed by atoms with Crippen molar-refractivity contribution in [3.63, 3.8) is 0 Å². The van der Waals surface area contributed by atoms with E-state index in [-0.39, 0.29) is 18.4 Å².